The SMILES string of the molecule is O=Cc1ccn(OC(=O)C2CCC2)n1. The first-order valence-corrected chi connectivity index (χ1v) is 4.52. The van der Waals surface area contributed by atoms with Gasteiger partial charge in [0, 0.05) is 0 Å². The molecule has 1 aliphatic rings. The summed E-state index contributed by atoms with van der Waals surface area (Å²) in [5.41, 5.74) is 0.256. The van der Waals surface area contributed by atoms with Gasteiger partial charge in [-0.15, -0.1) is 5.10 Å². The third kappa shape index (κ3) is 1.66. The number of aromatic nitrogens is 2. The van der Waals surface area contributed by atoms with Crippen LogP contribution in [0.1, 0.15) is 29.8 Å². The number of aldehydes is 1. The number of nitrogens with zero attached hydrogens (tertiary/aromatic N) is 2. The van der Waals surface area contributed by atoms with Gasteiger partial charge in [0.05, 0.1) is 12.1 Å². The van der Waals surface area contributed by atoms with Gasteiger partial charge in [0.15, 0.2) is 6.29 Å². The van der Waals surface area contributed by atoms with E-state index in [4.69, 9.17) is 4.84 Å². The number of hydrogen-bond acceptors (Lipinski definition) is 4. The van der Waals surface area contributed by atoms with Crippen molar-refractivity contribution in [1.82, 2.24) is 9.94 Å². The van der Waals surface area contributed by atoms with E-state index >= 15 is 0 Å². The lowest BCUT2D eigenvalue weighted by Gasteiger charge is -2.22. The van der Waals surface area contributed by atoms with Crippen LogP contribution in [0, 0.1) is 5.92 Å². The molecule has 14 heavy (non-hydrogen) atoms. The number of carbonyl (C=O) groups excluding carboxylic acids is 2. The topological polar surface area (TPSA) is 61.2 Å². The van der Waals surface area contributed by atoms with E-state index in [1.807, 2.05) is 0 Å². The van der Waals surface area contributed by atoms with Gasteiger partial charge in [0.1, 0.15) is 5.69 Å². The van der Waals surface area contributed by atoms with Gasteiger partial charge in [-0.05, 0) is 18.9 Å². The van der Waals surface area contributed by atoms with Crippen molar-refractivity contribution >= 4 is 12.3 Å². The molecule has 5 heteroatoms. The molecule has 5 nitrogen and oxygen atoms in total. The Balaban J connectivity index is 1.95. The molecule has 0 N–H and O–H groups in total. The van der Waals surface area contributed by atoms with Crippen LogP contribution in [-0.4, -0.2) is 22.2 Å². The molecular formula is C9H10N2O3. The molecule has 1 saturated carbocycles. The zero-order chi connectivity index (χ0) is 9.97. The fourth-order valence-electron chi connectivity index (χ4n) is 1.24. The Labute approximate surface area is 80.6 Å². The third-order valence-electron chi connectivity index (χ3n) is 2.33. The molecule has 0 spiro atoms. The van der Waals surface area contributed by atoms with Crippen molar-refractivity contribution in [1.29, 1.82) is 0 Å². The normalized spacial score (nSPS) is 16.0. The highest BCUT2D eigenvalue weighted by Gasteiger charge is 2.27. The summed E-state index contributed by atoms with van der Waals surface area (Å²) in [6, 6.07) is 1.49. The summed E-state index contributed by atoms with van der Waals surface area (Å²) in [5.74, 6) is -0.254. The minimum atomic E-state index is -0.267. The standard InChI is InChI=1S/C9H10N2O3/c12-6-8-4-5-11(10-8)14-9(13)7-2-1-3-7/h4-7H,1-3H2. The van der Waals surface area contributed by atoms with Crippen LogP contribution in [0.25, 0.3) is 0 Å². The summed E-state index contributed by atoms with van der Waals surface area (Å²) < 4.78 is 0. The lowest BCUT2D eigenvalue weighted by Crippen LogP contribution is -2.31. The van der Waals surface area contributed by atoms with Gasteiger partial charge in [-0.3, -0.25) is 4.79 Å². The maximum atomic E-state index is 11.3. The second-order valence-corrected chi connectivity index (χ2v) is 3.30. The summed E-state index contributed by atoms with van der Waals surface area (Å²) in [6.07, 6.45) is 4.91. The van der Waals surface area contributed by atoms with E-state index in [2.05, 4.69) is 5.10 Å². The largest absolute Gasteiger partial charge is 0.337 e. The van der Waals surface area contributed by atoms with E-state index in [-0.39, 0.29) is 17.6 Å². The van der Waals surface area contributed by atoms with Crippen LogP contribution in [0.4, 0.5) is 0 Å². The van der Waals surface area contributed by atoms with E-state index in [0.29, 0.717) is 6.29 Å². The smallest absolute Gasteiger partial charge is 0.319 e. The molecule has 1 aromatic heterocycles. The first-order valence-electron chi connectivity index (χ1n) is 4.52. The maximum Gasteiger partial charge on any atom is 0.337 e. The molecular weight excluding hydrogens is 184 g/mol. The van der Waals surface area contributed by atoms with Gasteiger partial charge < -0.3 is 4.84 Å². The number of rotatable bonds is 3. The molecule has 0 bridgehead atoms. The molecule has 1 aliphatic carbocycles. The summed E-state index contributed by atoms with van der Waals surface area (Å²) in [7, 11) is 0. The predicted molar refractivity (Wildman–Crippen MR) is 46.5 cm³/mol. The number of hydrogen-bond donors (Lipinski definition) is 0. The van der Waals surface area contributed by atoms with Gasteiger partial charge in [-0.2, -0.15) is 0 Å². The minimum Gasteiger partial charge on any atom is -0.319 e. The molecule has 74 valence electrons. The van der Waals surface area contributed by atoms with Crippen LogP contribution in [0.2, 0.25) is 0 Å². The van der Waals surface area contributed by atoms with Crippen molar-refractivity contribution in [2.24, 2.45) is 5.92 Å². The van der Waals surface area contributed by atoms with Gasteiger partial charge in [0.2, 0.25) is 0 Å². The maximum absolute atomic E-state index is 11.3. The van der Waals surface area contributed by atoms with Crippen LogP contribution < -0.4 is 4.84 Å². The van der Waals surface area contributed by atoms with E-state index in [9.17, 15) is 9.59 Å². The molecule has 0 amide bonds. The zero-order valence-corrected chi connectivity index (χ0v) is 7.55. The summed E-state index contributed by atoms with van der Waals surface area (Å²) >= 11 is 0. The summed E-state index contributed by atoms with van der Waals surface area (Å²) in [4.78, 5) is 27.6. The molecule has 0 aliphatic heterocycles. The summed E-state index contributed by atoms with van der Waals surface area (Å²) in [5, 5.41) is 3.72. The molecule has 1 aromatic rings. The molecule has 2 rings (SSSR count). The first-order chi connectivity index (χ1) is 6.79. The highest BCUT2D eigenvalue weighted by molar-refractivity contribution is 5.74. The second-order valence-electron chi connectivity index (χ2n) is 3.30. The quantitative estimate of drug-likeness (QED) is 0.655. The van der Waals surface area contributed by atoms with E-state index < -0.39 is 0 Å². The lowest BCUT2D eigenvalue weighted by molar-refractivity contribution is -0.153. The van der Waals surface area contributed by atoms with Crippen molar-refractivity contribution in [3.63, 3.8) is 0 Å². The predicted octanol–water partition coefficient (Wildman–Crippen LogP) is 0.451. The molecule has 0 unspecified atom stereocenters. The molecule has 0 atom stereocenters. The average Bonchev–Trinajstić information content (AvgIpc) is 2.48. The Bertz CT molecular complexity index is 355. The van der Waals surface area contributed by atoms with Crippen molar-refractivity contribution in [3.05, 3.63) is 18.0 Å². The fourth-order valence-corrected chi connectivity index (χ4v) is 1.24. The Morgan fingerprint density at radius 2 is 2.43 bits per heavy atom. The van der Waals surface area contributed by atoms with Crippen LogP contribution in [0.3, 0.4) is 0 Å². The van der Waals surface area contributed by atoms with Gasteiger partial charge in [-0.25, -0.2) is 4.79 Å². The van der Waals surface area contributed by atoms with Crippen LogP contribution in [-0.2, 0) is 4.79 Å². The van der Waals surface area contributed by atoms with Crippen LogP contribution >= 0.6 is 0 Å². The molecule has 1 fully saturated rings. The fraction of sp³-hybridized carbons (Fsp3) is 0.444. The van der Waals surface area contributed by atoms with Crippen molar-refractivity contribution in [2.45, 2.75) is 19.3 Å². The van der Waals surface area contributed by atoms with Gasteiger partial charge in [0.25, 0.3) is 0 Å². The first kappa shape index (κ1) is 8.93. The van der Waals surface area contributed by atoms with Gasteiger partial charge >= 0.3 is 5.97 Å². The molecule has 1 heterocycles. The minimum absolute atomic E-state index is 0.0129. The lowest BCUT2D eigenvalue weighted by atomic mass is 9.86. The Kier molecular flexibility index (Phi) is 2.30. The van der Waals surface area contributed by atoms with Crippen LogP contribution in [0.15, 0.2) is 12.3 Å². The van der Waals surface area contributed by atoms with Crippen LogP contribution in [0.5, 0.6) is 0 Å². The second kappa shape index (κ2) is 3.61. The molecule has 0 saturated heterocycles. The van der Waals surface area contributed by atoms with Crippen molar-refractivity contribution < 1.29 is 14.4 Å². The van der Waals surface area contributed by atoms with E-state index in [1.54, 1.807) is 0 Å². The third-order valence-corrected chi connectivity index (χ3v) is 2.33. The van der Waals surface area contributed by atoms with E-state index in [1.165, 1.54) is 12.3 Å². The van der Waals surface area contributed by atoms with E-state index in [0.717, 1.165) is 24.1 Å². The van der Waals surface area contributed by atoms with Crippen molar-refractivity contribution in [2.75, 3.05) is 0 Å². The zero-order valence-electron chi connectivity index (χ0n) is 7.55. The molecule has 0 aromatic carbocycles. The Morgan fingerprint density at radius 3 is 2.93 bits per heavy atom. The monoisotopic (exact) mass is 194 g/mol. The summed E-state index contributed by atoms with van der Waals surface area (Å²) in [6.45, 7) is 0. The molecule has 0 radical (unpaired) electrons. The number of carbonyl (C=O) groups is 2. The average molecular weight is 194 g/mol. The Hall–Kier alpha value is -1.65. The van der Waals surface area contributed by atoms with Gasteiger partial charge in [-0.1, -0.05) is 11.3 Å². The van der Waals surface area contributed by atoms with Crippen molar-refractivity contribution in [3.8, 4) is 0 Å². The highest BCUT2D eigenvalue weighted by atomic mass is 16.7. The Morgan fingerprint density at radius 1 is 1.64 bits per heavy atom. The highest BCUT2D eigenvalue weighted by Crippen LogP contribution is 2.26.